The highest BCUT2D eigenvalue weighted by molar-refractivity contribution is 6.07. The first-order valence-corrected chi connectivity index (χ1v) is 8.47. The second-order valence-electron chi connectivity index (χ2n) is 6.07. The zero-order valence-corrected chi connectivity index (χ0v) is 14.5. The van der Waals surface area contributed by atoms with Crippen molar-refractivity contribution in [2.75, 3.05) is 19.6 Å². The molecule has 124 valence electrons. The fourth-order valence-electron chi connectivity index (χ4n) is 2.73. The van der Waals surface area contributed by atoms with Crippen molar-refractivity contribution in [2.45, 2.75) is 59.3 Å². The van der Waals surface area contributed by atoms with E-state index >= 15 is 0 Å². The van der Waals surface area contributed by atoms with Crippen LogP contribution in [0, 0.1) is 0 Å². The maximum absolute atomic E-state index is 12.6. The van der Waals surface area contributed by atoms with Crippen LogP contribution in [0.25, 0.3) is 0 Å². The Bertz CT molecular complexity index is 457. The number of nitrogens with zero attached hydrogens (tertiary/aromatic N) is 2. The molecule has 0 radical (unpaired) electrons. The molecule has 2 N–H and O–H groups in total. The average Bonchev–Trinajstić information content (AvgIpc) is 2.53. The van der Waals surface area contributed by atoms with Crippen LogP contribution in [0.2, 0.25) is 0 Å². The lowest BCUT2D eigenvalue weighted by Gasteiger charge is -2.27. The molecular weight excluding hydrogens is 274 g/mol. The first-order valence-electron chi connectivity index (χ1n) is 8.47. The molecule has 0 aromatic carbocycles. The summed E-state index contributed by atoms with van der Waals surface area (Å²) in [4.78, 5) is 19.2. The van der Waals surface area contributed by atoms with Crippen molar-refractivity contribution < 1.29 is 4.79 Å². The molecule has 0 spiro atoms. The second-order valence-corrected chi connectivity index (χ2v) is 6.07. The first kappa shape index (κ1) is 18.5. The third-order valence-corrected chi connectivity index (χ3v) is 3.92. The molecule has 0 aromatic heterocycles. The lowest BCUT2D eigenvalue weighted by atomic mass is 9.99. The predicted octanol–water partition coefficient (Wildman–Crippen LogP) is 3.44. The molecule has 1 saturated heterocycles. The number of aliphatic imine (C=N–C) groups is 1. The number of amides is 1. The molecule has 0 aromatic rings. The summed E-state index contributed by atoms with van der Waals surface area (Å²) >= 11 is 0. The molecule has 22 heavy (non-hydrogen) atoms. The molecule has 1 aliphatic heterocycles. The highest BCUT2D eigenvalue weighted by Gasteiger charge is 2.22. The van der Waals surface area contributed by atoms with Crippen molar-refractivity contribution in [3.05, 3.63) is 23.4 Å². The smallest absolute Gasteiger partial charge is 0.270 e. The van der Waals surface area contributed by atoms with E-state index in [9.17, 15) is 4.79 Å². The maximum atomic E-state index is 12.6. The van der Waals surface area contributed by atoms with Gasteiger partial charge in [0.2, 0.25) is 0 Å². The van der Waals surface area contributed by atoms with Gasteiger partial charge in [0.05, 0.1) is 6.54 Å². The van der Waals surface area contributed by atoms with Crippen molar-refractivity contribution in [1.29, 1.82) is 0 Å². The standard InChI is InChI=1S/C18H31N3O/c1-5-10-15(16(6-2)20-13-14(3)4)17(19)18(22)21-11-8-7-9-12-21/h3,5-13,19H2,1-2,4H3/b17-15-,20-16?. The number of hydrogen-bond acceptors (Lipinski definition) is 3. The van der Waals surface area contributed by atoms with E-state index in [2.05, 4.69) is 25.4 Å². The molecular formula is C18H31N3O. The van der Waals surface area contributed by atoms with E-state index < -0.39 is 0 Å². The van der Waals surface area contributed by atoms with Gasteiger partial charge in [-0.2, -0.15) is 0 Å². The number of carbonyl (C=O) groups is 1. The van der Waals surface area contributed by atoms with Gasteiger partial charge < -0.3 is 10.6 Å². The highest BCUT2D eigenvalue weighted by atomic mass is 16.2. The minimum absolute atomic E-state index is 0.0142. The van der Waals surface area contributed by atoms with Gasteiger partial charge in [0, 0.05) is 24.4 Å². The molecule has 0 aliphatic carbocycles. The first-order chi connectivity index (χ1) is 10.5. The average molecular weight is 305 g/mol. The van der Waals surface area contributed by atoms with E-state index in [1.165, 1.54) is 6.42 Å². The van der Waals surface area contributed by atoms with Crippen molar-refractivity contribution in [1.82, 2.24) is 4.90 Å². The molecule has 0 bridgehead atoms. The molecule has 0 unspecified atom stereocenters. The minimum Gasteiger partial charge on any atom is -0.394 e. The van der Waals surface area contributed by atoms with E-state index in [0.29, 0.717) is 12.2 Å². The summed E-state index contributed by atoms with van der Waals surface area (Å²) in [5.74, 6) is -0.0142. The molecule has 1 rings (SSSR count). The van der Waals surface area contributed by atoms with Gasteiger partial charge in [0.25, 0.3) is 5.91 Å². The Hall–Kier alpha value is -1.58. The number of piperidine rings is 1. The van der Waals surface area contributed by atoms with Crippen molar-refractivity contribution in [3.63, 3.8) is 0 Å². The quantitative estimate of drug-likeness (QED) is 0.445. The number of likely N-dealkylation sites (tertiary alicyclic amines) is 1. The van der Waals surface area contributed by atoms with Gasteiger partial charge in [-0.1, -0.05) is 32.4 Å². The van der Waals surface area contributed by atoms with Gasteiger partial charge >= 0.3 is 0 Å². The van der Waals surface area contributed by atoms with Crippen LogP contribution in [0.3, 0.4) is 0 Å². The number of nitrogens with two attached hydrogens (primary N) is 1. The topological polar surface area (TPSA) is 58.7 Å². The van der Waals surface area contributed by atoms with Gasteiger partial charge in [0.1, 0.15) is 5.70 Å². The second kappa shape index (κ2) is 9.44. The third-order valence-electron chi connectivity index (χ3n) is 3.92. The van der Waals surface area contributed by atoms with Crippen molar-refractivity contribution in [2.24, 2.45) is 10.7 Å². The Kier molecular flexibility index (Phi) is 7.92. The molecule has 1 heterocycles. The number of allylic oxidation sites excluding steroid dienone is 1. The zero-order chi connectivity index (χ0) is 16.5. The molecule has 4 heteroatoms. The summed E-state index contributed by atoms with van der Waals surface area (Å²) < 4.78 is 0. The van der Waals surface area contributed by atoms with Gasteiger partial charge in [-0.25, -0.2) is 0 Å². The van der Waals surface area contributed by atoms with Crippen LogP contribution in [0.1, 0.15) is 59.3 Å². The summed E-state index contributed by atoms with van der Waals surface area (Å²) in [6.07, 6.45) is 5.90. The Morgan fingerprint density at radius 3 is 2.36 bits per heavy atom. The molecule has 0 saturated carbocycles. The fraction of sp³-hybridized carbons (Fsp3) is 0.667. The van der Waals surface area contributed by atoms with Crippen LogP contribution in [0.5, 0.6) is 0 Å². The Morgan fingerprint density at radius 1 is 1.23 bits per heavy atom. The Balaban J connectivity index is 3.04. The van der Waals surface area contributed by atoms with Crippen LogP contribution in [-0.4, -0.2) is 36.2 Å². The van der Waals surface area contributed by atoms with Gasteiger partial charge in [-0.15, -0.1) is 0 Å². The Morgan fingerprint density at radius 2 is 1.86 bits per heavy atom. The molecule has 1 amide bonds. The minimum atomic E-state index is -0.0142. The van der Waals surface area contributed by atoms with E-state index in [-0.39, 0.29) is 5.91 Å². The Labute approximate surface area is 135 Å². The maximum Gasteiger partial charge on any atom is 0.270 e. The number of rotatable bonds is 7. The normalized spacial score (nSPS) is 17.2. The predicted molar refractivity (Wildman–Crippen MR) is 94.0 cm³/mol. The monoisotopic (exact) mass is 305 g/mol. The van der Waals surface area contributed by atoms with Crippen molar-refractivity contribution >= 4 is 11.6 Å². The summed E-state index contributed by atoms with van der Waals surface area (Å²) in [5, 5.41) is 0. The van der Waals surface area contributed by atoms with E-state index in [1.54, 1.807) is 0 Å². The summed E-state index contributed by atoms with van der Waals surface area (Å²) in [6.45, 7) is 12.3. The van der Waals surface area contributed by atoms with Crippen LogP contribution in [0.15, 0.2) is 28.4 Å². The molecule has 4 nitrogen and oxygen atoms in total. The molecule has 1 fully saturated rings. The largest absolute Gasteiger partial charge is 0.394 e. The summed E-state index contributed by atoms with van der Waals surface area (Å²) in [6, 6.07) is 0. The third kappa shape index (κ3) is 5.32. The fourth-order valence-corrected chi connectivity index (χ4v) is 2.73. The van der Waals surface area contributed by atoms with E-state index in [4.69, 9.17) is 5.73 Å². The van der Waals surface area contributed by atoms with Gasteiger partial charge in [-0.3, -0.25) is 9.79 Å². The van der Waals surface area contributed by atoms with Crippen LogP contribution >= 0.6 is 0 Å². The van der Waals surface area contributed by atoms with E-state index in [0.717, 1.165) is 62.1 Å². The molecule has 0 atom stereocenters. The van der Waals surface area contributed by atoms with Crippen molar-refractivity contribution in [3.8, 4) is 0 Å². The van der Waals surface area contributed by atoms with Crippen LogP contribution in [-0.2, 0) is 4.79 Å². The lowest BCUT2D eigenvalue weighted by Crippen LogP contribution is -2.39. The van der Waals surface area contributed by atoms with Crippen LogP contribution < -0.4 is 5.73 Å². The SMILES string of the molecule is C=C(C)CN=C(CC)/C(CCC)=C(\N)C(=O)N1CCCCC1. The molecule has 1 aliphatic rings. The van der Waals surface area contributed by atoms with Gasteiger partial charge in [-0.05, 0) is 39.0 Å². The lowest BCUT2D eigenvalue weighted by molar-refractivity contribution is -0.128. The summed E-state index contributed by atoms with van der Waals surface area (Å²) in [7, 11) is 0. The number of carbonyl (C=O) groups excluding carboxylic acids is 1. The van der Waals surface area contributed by atoms with E-state index in [1.807, 2.05) is 11.8 Å². The summed E-state index contributed by atoms with van der Waals surface area (Å²) in [5.41, 5.74) is 9.54. The van der Waals surface area contributed by atoms with Crippen LogP contribution in [0.4, 0.5) is 0 Å². The highest BCUT2D eigenvalue weighted by Crippen LogP contribution is 2.17. The zero-order valence-electron chi connectivity index (χ0n) is 14.5. The van der Waals surface area contributed by atoms with Gasteiger partial charge in [0.15, 0.2) is 0 Å². The number of hydrogen-bond donors (Lipinski definition) is 1.